The van der Waals surface area contributed by atoms with Crippen molar-refractivity contribution in [2.45, 2.75) is 13.3 Å². The number of rotatable bonds is 4. The third-order valence-corrected chi connectivity index (χ3v) is 4.06. The number of nitrogens with one attached hydrogen (secondary N) is 3. The molecule has 2 aromatic rings. The van der Waals surface area contributed by atoms with Crippen LogP contribution in [-0.4, -0.2) is 51.5 Å². The van der Waals surface area contributed by atoms with Gasteiger partial charge in [0.25, 0.3) is 11.8 Å². The molecule has 8 nitrogen and oxygen atoms in total. The zero-order valence-corrected chi connectivity index (χ0v) is 13.3. The maximum absolute atomic E-state index is 12.4. The molecule has 1 fully saturated rings. The minimum atomic E-state index is -0.293. The first-order chi connectivity index (χ1) is 11.5. The summed E-state index contributed by atoms with van der Waals surface area (Å²) >= 11 is 0. The fraction of sp³-hybridized carbons (Fsp3) is 0.375. The van der Waals surface area contributed by atoms with Gasteiger partial charge in [0.2, 0.25) is 5.56 Å². The number of hydrogen-bond donors (Lipinski definition) is 3. The lowest BCUT2D eigenvalue weighted by Crippen LogP contribution is -2.34. The van der Waals surface area contributed by atoms with Gasteiger partial charge in [0.1, 0.15) is 11.4 Å². The number of carbonyl (C=O) groups is 2. The Balaban J connectivity index is 1.53. The van der Waals surface area contributed by atoms with Gasteiger partial charge in [0.05, 0.1) is 0 Å². The lowest BCUT2D eigenvalue weighted by Gasteiger charge is -2.16. The second-order valence-corrected chi connectivity index (χ2v) is 5.98. The first-order valence-electron chi connectivity index (χ1n) is 7.82. The number of nitrogens with zero attached hydrogens (tertiary/aromatic N) is 2. The molecule has 24 heavy (non-hydrogen) atoms. The van der Waals surface area contributed by atoms with Crippen LogP contribution in [0.5, 0.6) is 0 Å². The molecule has 1 atom stereocenters. The highest BCUT2D eigenvalue weighted by Gasteiger charge is 2.27. The molecule has 2 aromatic heterocycles. The summed E-state index contributed by atoms with van der Waals surface area (Å²) in [6.45, 7) is 3.48. The van der Waals surface area contributed by atoms with Crippen LogP contribution in [0.3, 0.4) is 0 Å². The van der Waals surface area contributed by atoms with Crippen molar-refractivity contribution >= 4 is 11.8 Å². The molecule has 3 N–H and O–H groups in total. The SMILES string of the molecule is Cc1cc(C(=O)NCC2CCN(C(=O)c3cccc(=O)[nH]3)C2)n[nH]1. The van der Waals surface area contributed by atoms with Crippen molar-refractivity contribution < 1.29 is 9.59 Å². The summed E-state index contributed by atoms with van der Waals surface area (Å²) in [5.74, 6) is -0.227. The summed E-state index contributed by atoms with van der Waals surface area (Å²) in [7, 11) is 0. The molecule has 1 aliphatic heterocycles. The fourth-order valence-corrected chi connectivity index (χ4v) is 2.79. The number of pyridine rings is 1. The van der Waals surface area contributed by atoms with E-state index in [0.717, 1.165) is 12.1 Å². The molecule has 1 unspecified atom stereocenters. The molecule has 0 saturated carbocycles. The van der Waals surface area contributed by atoms with Crippen molar-refractivity contribution in [3.05, 3.63) is 51.7 Å². The predicted molar refractivity (Wildman–Crippen MR) is 86.7 cm³/mol. The summed E-state index contributed by atoms with van der Waals surface area (Å²) in [5, 5.41) is 9.49. The number of hydrogen-bond acceptors (Lipinski definition) is 4. The highest BCUT2D eigenvalue weighted by Crippen LogP contribution is 2.17. The van der Waals surface area contributed by atoms with Gasteiger partial charge >= 0.3 is 0 Å². The predicted octanol–water partition coefficient (Wildman–Crippen LogP) is 0.299. The van der Waals surface area contributed by atoms with Crippen LogP contribution in [0.1, 0.15) is 33.1 Å². The Kier molecular flexibility index (Phi) is 4.45. The second kappa shape index (κ2) is 6.69. The summed E-state index contributed by atoms with van der Waals surface area (Å²) in [5.41, 5.74) is 1.19. The largest absolute Gasteiger partial charge is 0.350 e. The van der Waals surface area contributed by atoms with E-state index in [4.69, 9.17) is 0 Å². The number of carbonyl (C=O) groups excluding carboxylic acids is 2. The number of aryl methyl sites for hydroxylation is 1. The average Bonchev–Trinajstić information content (AvgIpc) is 3.21. The van der Waals surface area contributed by atoms with E-state index in [1.165, 1.54) is 6.07 Å². The molecule has 1 aliphatic rings. The maximum atomic E-state index is 12.4. The number of amides is 2. The molecule has 126 valence electrons. The Hall–Kier alpha value is -2.90. The third-order valence-electron chi connectivity index (χ3n) is 4.06. The summed E-state index contributed by atoms with van der Waals surface area (Å²) in [6, 6.07) is 6.21. The monoisotopic (exact) mass is 329 g/mol. The van der Waals surface area contributed by atoms with E-state index < -0.39 is 0 Å². The quantitative estimate of drug-likeness (QED) is 0.749. The van der Waals surface area contributed by atoms with Crippen molar-refractivity contribution in [2.75, 3.05) is 19.6 Å². The van der Waals surface area contributed by atoms with Crippen LogP contribution >= 0.6 is 0 Å². The summed E-state index contributed by atoms with van der Waals surface area (Å²) in [6.07, 6.45) is 0.808. The van der Waals surface area contributed by atoms with E-state index in [1.807, 2.05) is 6.92 Å². The van der Waals surface area contributed by atoms with Gasteiger partial charge in [-0.2, -0.15) is 5.10 Å². The molecule has 0 bridgehead atoms. The van der Waals surface area contributed by atoms with Gasteiger partial charge in [-0.3, -0.25) is 19.5 Å². The molecule has 3 rings (SSSR count). The van der Waals surface area contributed by atoms with Gasteiger partial charge in [-0.05, 0) is 31.4 Å². The molecular weight excluding hydrogens is 310 g/mol. The molecule has 0 aliphatic carbocycles. The second-order valence-electron chi connectivity index (χ2n) is 5.98. The molecular formula is C16H19N5O3. The van der Waals surface area contributed by atoms with E-state index in [-0.39, 0.29) is 23.3 Å². The average molecular weight is 329 g/mol. The zero-order chi connectivity index (χ0) is 17.1. The smallest absolute Gasteiger partial charge is 0.271 e. The van der Waals surface area contributed by atoms with E-state index in [1.54, 1.807) is 23.1 Å². The first-order valence-corrected chi connectivity index (χ1v) is 7.82. The van der Waals surface area contributed by atoms with Gasteiger partial charge in [-0.15, -0.1) is 0 Å². The maximum Gasteiger partial charge on any atom is 0.271 e. The van der Waals surface area contributed by atoms with Crippen LogP contribution in [0, 0.1) is 12.8 Å². The molecule has 0 aromatic carbocycles. The summed E-state index contributed by atoms with van der Waals surface area (Å²) < 4.78 is 0. The van der Waals surface area contributed by atoms with Gasteiger partial charge in [0, 0.05) is 31.4 Å². The Morgan fingerprint density at radius 1 is 1.42 bits per heavy atom. The van der Waals surface area contributed by atoms with Gasteiger partial charge < -0.3 is 15.2 Å². The van der Waals surface area contributed by atoms with Crippen LogP contribution in [0.2, 0.25) is 0 Å². The Labute approximate surface area is 138 Å². The van der Waals surface area contributed by atoms with Crippen LogP contribution in [0.15, 0.2) is 29.1 Å². The zero-order valence-electron chi connectivity index (χ0n) is 13.3. The van der Waals surface area contributed by atoms with Crippen LogP contribution in [0.25, 0.3) is 0 Å². The fourth-order valence-electron chi connectivity index (χ4n) is 2.79. The van der Waals surface area contributed by atoms with Crippen molar-refractivity contribution in [2.24, 2.45) is 5.92 Å². The molecule has 0 radical (unpaired) electrons. The van der Waals surface area contributed by atoms with Crippen LogP contribution in [-0.2, 0) is 0 Å². The number of aromatic amines is 2. The lowest BCUT2D eigenvalue weighted by molar-refractivity contribution is 0.0781. The minimum absolute atomic E-state index is 0.188. The van der Waals surface area contributed by atoms with Crippen molar-refractivity contribution in [3.8, 4) is 0 Å². The standard InChI is InChI=1S/C16H19N5O3/c1-10-7-13(20-19-10)15(23)17-8-11-5-6-21(9-11)16(24)12-3-2-4-14(22)18-12/h2-4,7,11H,5-6,8-9H2,1H3,(H,17,23)(H,18,22)(H,19,20). The first kappa shape index (κ1) is 16.0. The van der Waals surface area contributed by atoms with E-state index >= 15 is 0 Å². The topological polar surface area (TPSA) is 111 Å². The van der Waals surface area contributed by atoms with E-state index in [9.17, 15) is 14.4 Å². The van der Waals surface area contributed by atoms with Gasteiger partial charge in [0.15, 0.2) is 0 Å². The molecule has 2 amide bonds. The Morgan fingerprint density at radius 3 is 2.96 bits per heavy atom. The third kappa shape index (κ3) is 3.53. The highest BCUT2D eigenvalue weighted by atomic mass is 16.2. The number of H-pyrrole nitrogens is 2. The van der Waals surface area contributed by atoms with Gasteiger partial charge in [-0.25, -0.2) is 0 Å². The highest BCUT2D eigenvalue weighted by molar-refractivity contribution is 5.93. The van der Waals surface area contributed by atoms with Gasteiger partial charge in [-0.1, -0.05) is 6.07 Å². The molecule has 0 spiro atoms. The normalized spacial score (nSPS) is 17.0. The molecule has 8 heteroatoms. The van der Waals surface area contributed by atoms with E-state index in [2.05, 4.69) is 20.5 Å². The molecule has 3 heterocycles. The van der Waals surface area contributed by atoms with E-state index in [0.29, 0.717) is 31.0 Å². The number of aromatic nitrogens is 3. The number of likely N-dealkylation sites (tertiary alicyclic amines) is 1. The van der Waals surface area contributed by atoms with Crippen molar-refractivity contribution in [1.82, 2.24) is 25.4 Å². The molecule has 1 saturated heterocycles. The Bertz CT molecular complexity index is 810. The minimum Gasteiger partial charge on any atom is -0.350 e. The Morgan fingerprint density at radius 2 is 2.25 bits per heavy atom. The van der Waals surface area contributed by atoms with Crippen LogP contribution < -0.4 is 10.9 Å². The summed E-state index contributed by atoms with van der Waals surface area (Å²) in [4.78, 5) is 39.9. The van der Waals surface area contributed by atoms with Crippen molar-refractivity contribution in [3.63, 3.8) is 0 Å². The lowest BCUT2D eigenvalue weighted by atomic mass is 10.1. The van der Waals surface area contributed by atoms with Crippen molar-refractivity contribution in [1.29, 1.82) is 0 Å². The van der Waals surface area contributed by atoms with Crippen LogP contribution in [0.4, 0.5) is 0 Å².